The smallest absolute Gasteiger partial charge is 0.363 e. The van der Waals surface area contributed by atoms with Crippen LogP contribution >= 0.6 is 11.6 Å². The molecule has 34 heavy (non-hydrogen) atoms. The number of cyclic esters (lactones) is 1. The number of aryl methyl sites for hydroxylation is 1. The van der Waals surface area contributed by atoms with Crippen molar-refractivity contribution in [1.82, 2.24) is 0 Å². The number of hydrogen-bond acceptors (Lipinski definition) is 7. The van der Waals surface area contributed by atoms with E-state index in [1.165, 1.54) is 18.2 Å². The number of aliphatic imine (C=N–C) groups is 1. The van der Waals surface area contributed by atoms with Gasteiger partial charge in [0.15, 0.2) is 17.2 Å². The van der Waals surface area contributed by atoms with Crippen molar-refractivity contribution < 1.29 is 23.9 Å². The fourth-order valence-corrected chi connectivity index (χ4v) is 3.52. The molecule has 0 bridgehead atoms. The normalized spacial score (nSPS) is 14.0. The summed E-state index contributed by atoms with van der Waals surface area (Å²) in [7, 11) is 1.54. The molecule has 0 atom stereocenters. The summed E-state index contributed by atoms with van der Waals surface area (Å²) in [5.41, 5.74) is 2.79. The van der Waals surface area contributed by atoms with Gasteiger partial charge in [-0.3, -0.25) is 10.1 Å². The number of carbonyl (C=O) groups excluding carboxylic acids is 1. The number of esters is 1. The molecule has 0 N–H and O–H groups in total. The molecule has 0 amide bonds. The number of halogens is 1. The second-order valence-corrected chi connectivity index (χ2v) is 7.85. The monoisotopic (exact) mass is 478 g/mol. The first-order chi connectivity index (χ1) is 16.3. The zero-order chi connectivity index (χ0) is 24.2. The van der Waals surface area contributed by atoms with Gasteiger partial charge in [-0.15, -0.1) is 0 Å². The highest BCUT2D eigenvalue weighted by molar-refractivity contribution is 6.32. The molecule has 4 rings (SSSR count). The molecule has 1 aliphatic heterocycles. The molecule has 172 valence electrons. The predicted octanol–water partition coefficient (Wildman–Crippen LogP) is 5.49. The Morgan fingerprint density at radius 3 is 2.68 bits per heavy atom. The van der Waals surface area contributed by atoms with Gasteiger partial charge in [-0.25, -0.2) is 9.79 Å². The van der Waals surface area contributed by atoms with Gasteiger partial charge in [-0.1, -0.05) is 47.5 Å². The number of nitro groups is 1. The van der Waals surface area contributed by atoms with Gasteiger partial charge >= 0.3 is 5.97 Å². The largest absolute Gasteiger partial charge is 0.493 e. The third-order valence-electron chi connectivity index (χ3n) is 4.98. The molecule has 1 heterocycles. The fourth-order valence-electron chi connectivity index (χ4n) is 3.33. The summed E-state index contributed by atoms with van der Waals surface area (Å²) < 4.78 is 16.6. The maximum atomic E-state index is 12.4. The Bertz CT molecular complexity index is 1350. The highest BCUT2D eigenvalue weighted by atomic mass is 35.5. The van der Waals surface area contributed by atoms with E-state index in [0.29, 0.717) is 23.7 Å². The summed E-state index contributed by atoms with van der Waals surface area (Å²) in [5.74, 6) is 0.329. The Morgan fingerprint density at radius 1 is 1.12 bits per heavy atom. The lowest BCUT2D eigenvalue weighted by Crippen LogP contribution is -2.06. The van der Waals surface area contributed by atoms with Gasteiger partial charge < -0.3 is 14.2 Å². The highest BCUT2D eigenvalue weighted by Crippen LogP contribution is 2.31. The number of rotatable bonds is 7. The summed E-state index contributed by atoms with van der Waals surface area (Å²) in [6.07, 6.45) is 1.54. The van der Waals surface area contributed by atoms with Crippen molar-refractivity contribution in [1.29, 1.82) is 0 Å². The first-order valence-corrected chi connectivity index (χ1v) is 10.5. The number of carbonyl (C=O) groups is 1. The van der Waals surface area contributed by atoms with Crippen LogP contribution in [0.15, 0.2) is 71.4 Å². The lowest BCUT2D eigenvalue weighted by Gasteiger charge is -2.12. The maximum absolute atomic E-state index is 12.4. The number of ether oxygens (including phenoxy) is 3. The Balaban J connectivity index is 1.60. The molecule has 8 nitrogen and oxygen atoms in total. The molecule has 0 saturated heterocycles. The molecule has 3 aromatic rings. The molecule has 0 fully saturated rings. The molecular weight excluding hydrogens is 460 g/mol. The lowest BCUT2D eigenvalue weighted by atomic mass is 10.1. The Kier molecular flexibility index (Phi) is 6.60. The van der Waals surface area contributed by atoms with Crippen molar-refractivity contribution in [3.05, 3.63) is 104 Å². The third-order valence-corrected chi connectivity index (χ3v) is 5.30. The number of benzene rings is 3. The van der Waals surface area contributed by atoms with Crippen molar-refractivity contribution >= 4 is 35.2 Å². The van der Waals surface area contributed by atoms with Gasteiger partial charge in [0, 0.05) is 11.6 Å². The van der Waals surface area contributed by atoms with Gasteiger partial charge in [0.2, 0.25) is 5.90 Å². The predicted molar refractivity (Wildman–Crippen MR) is 127 cm³/mol. The van der Waals surface area contributed by atoms with Crippen molar-refractivity contribution in [2.45, 2.75) is 13.5 Å². The van der Waals surface area contributed by atoms with Crippen LogP contribution in [0.5, 0.6) is 11.5 Å². The molecular formula is C25H19ClN2O6. The van der Waals surface area contributed by atoms with Crippen LogP contribution in [0.25, 0.3) is 6.08 Å². The van der Waals surface area contributed by atoms with E-state index in [1.807, 2.05) is 31.2 Å². The van der Waals surface area contributed by atoms with E-state index in [1.54, 1.807) is 31.4 Å². The van der Waals surface area contributed by atoms with Crippen LogP contribution in [0.1, 0.15) is 22.3 Å². The summed E-state index contributed by atoms with van der Waals surface area (Å²) in [4.78, 5) is 27.1. The van der Waals surface area contributed by atoms with Gasteiger partial charge in [0.25, 0.3) is 5.69 Å². The van der Waals surface area contributed by atoms with Crippen molar-refractivity contribution in [2.75, 3.05) is 7.11 Å². The van der Waals surface area contributed by atoms with E-state index in [2.05, 4.69) is 4.99 Å². The minimum Gasteiger partial charge on any atom is -0.493 e. The highest BCUT2D eigenvalue weighted by Gasteiger charge is 2.26. The van der Waals surface area contributed by atoms with E-state index >= 15 is 0 Å². The second-order valence-electron chi connectivity index (χ2n) is 7.45. The van der Waals surface area contributed by atoms with Crippen LogP contribution < -0.4 is 9.47 Å². The Hall–Kier alpha value is -4.17. The van der Waals surface area contributed by atoms with Crippen LogP contribution in [0, 0.1) is 17.0 Å². The van der Waals surface area contributed by atoms with Crippen molar-refractivity contribution in [2.24, 2.45) is 4.99 Å². The molecule has 9 heteroatoms. The topological polar surface area (TPSA) is 100 Å². The van der Waals surface area contributed by atoms with E-state index in [4.69, 9.17) is 25.8 Å². The van der Waals surface area contributed by atoms with Crippen molar-refractivity contribution in [3.63, 3.8) is 0 Å². The van der Waals surface area contributed by atoms with Crippen LogP contribution in [-0.4, -0.2) is 23.9 Å². The van der Waals surface area contributed by atoms with Gasteiger partial charge in [-0.2, -0.15) is 0 Å². The van der Waals surface area contributed by atoms with Gasteiger partial charge in [-0.05, 0) is 48.4 Å². The quantitative estimate of drug-likeness (QED) is 0.193. The fraction of sp³-hybridized carbons (Fsp3) is 0.120. The zero-order valence-electron chi connectivity index (χ0n) is 18.3. The Labute approximate surface area is 200 Å². The molecule has 0 aliphatic carbocycles. The van der Waals surface area contributed by atoms with E-state index < -0.39 is 10.9 Å². The zero-order valence-corrected chi connectivity index (χ0v) is 19.0. The molecule has 0 saturated carbocycles. The average Bonchev–Trinajstić information content (AvgIpc) is 3.18. The van der Waals surface area contributed by atoms with E-state index in [0.717, 1.165) is 11.1 Å². The summed E-state index contributed by atoms with van der Waals surface area (Å²) >= 11 is 5.85. The standard InChI is InChI=1S/C25H19ClN2O6/c1-15-4-3-5-17(10-15)14-33-23-12-16(6-9-22(23)32-2)11-20-25(29)34-24(27-20)18-7-8-19(26)21(13-18)28(30)31/h3-13H,14H2,1-2H3/b20-11+. The van der Waals surface area contributed by atoms with Gasteiger partial charge in [0.1, 0.15) is 11.6 Å². The maximum Gasteiger partial charge on any atom is 0.363 e. The van der Waals surface area contributed by atoms with Crippen LogP contribution in [0.2, 0.25) is 5.02 Å². The molecule has 0 aromatic heterocycles. The average molecular weight is 479 g/mol. The minimum absolute atomic E-state index is 0.0223. The summed E-state index contributed by atoms with van der Waals surface area (Å²) in [6.45, 7) is 2.35. The first-order valence-electron chi connectivity index (χ1n) is 10.2. The number of nitrogens with zero attached hydrogens (tertiary/aromatic N) is 2. The third kappa shape index (κ3) is 5.07. The molecule has 0 spiro atoms. The molecule has 1 aliphatic rings. The summed E-state index contributed by atoms with van der Waals surface area (Å²) in [5, 5.41) is 11.1. The second kappa shape index (κ2) is 9.76. The first kappa shape index (κ1) is 23.0. The lowest BCUT2D eigenvalue weighted by molar-refractivity contribution is -0.384. The number of hydrogen-bond donors (Lipinski definition) is 0. The SMILES string of the molecule is COc1ccc(/C=C2/N=C(c3ccc(Cl)c([N+](=O)[O-])c3)OC2=O)cc1OCc1cccc(C)c1. The van der Waals surface area contributed by atoms with E-state index in [-0.39, 0.29) is 27.9 Å². The molecule has 0 radical (unpaired) electrons. The Morgan fingerprint density at radius 2 is 1.94 bits per heavy atom. The summed E-state index contributed by atoms with van der Waals surface area (Å²) in [6, 6.07) is 17.2. The van der Waals surface area contributed by atoms with Crippen LogP contribution in [0.3, 0.4) is 0 Å². The van der Waals surface area contributed by atoms with E-state index in [9.17, 15) is 14.9 Å². The minimum atomic E-state index is -0.675. The van der Waals surface area contributed by atoms with Crippen molar-refractivity contribution in [3.8, 4) is 11.5 Å². The van der Waals surface area contributed by atoms with Crippen LogP contribution in [-0.2, 0) is 16.1 Å². The molecule has 3 aromatic carbocycles. The number of nitro benzene ring substituents is 1. The van der Waals surface area contributed by atoms with Gasteiger partial charge in [0.05, 0.1) is 12.0 Å². The number of methoxy groups -OCH3 is 1. The van der Waals surface area contributed by atoms with Crippen LogP contribution in [0.4, 0.5) is 5.69 Å². The molecule has 0 unspecified atom stereocenters.